The fraction of sp³-hybridized carbons (Fsp3) is 0. The Morgan fingerprint density at radius 2 is 0.804 bits per heavy atom. The van der Waals surface area contributed by atoms with Crippen molar-refractivity contribution in [3.8, 4) is 17.2 Å². The lowest BCUT2D eigenvalue weighted by molar-refractivity contribution is 0.0650. The number of aromatic carboxylic acids is 4. The molecule has 234 valence electrons. The molecule has 0 spiro atoms. The summed E-state index contributed by atoms with van der Waals surface area (Å²) in [6.45, 7) is 0. The molecule has 0 aliphatic heterocycles. The number of carboxylic acids is 4. The number of benzene rings is 4. The van der Waals surface area contributed by atoms with Crippen LogP contribution in [0.2, 0.25) is 0 Å². The first-order chi connectivity index (χ1) is 21.7. The van der Waals surface area contributed by atoms with E-state index in [4.69, 9.17) is 23.9 Å². The summed E-state index contributed by atoms with van der Waals surface area (Å²) in [5, 5.41) is 36.7. The van der Waals surface area contributed by atoms with Crippen LogP contribution in [0.1, 0.15) is 62.1 Å². The zero-order valence-electron chi connectivity index (χ0n) is 22.8. The maximum atomic E-state index is 12.7. The van der Waals surface area contributed by atoms with Crippen molar-refractivity contribution in [1.82, 2.24) is 0 Å². The van der Waals surface area contributed by atoms with Crippen LogP contribution in [0.5, 0.6) is 17.2 Å². The number of rotatable bonds is 11. The molecule has 0 aliphatic carbocycles. The normalized spacial score (nSPS) is 10.8. The van der Waals surface area contributed by atoms with Gasteiger partial charge in [0.05, 0.1) is 33.4 Å². The highest BCUT2D eigenvalue weighted by Gasteiger charge is 2.22. The van der Waals surface area contributed by atoms with Gasteiger partial charge in [-0.15, -0.1) is 0 Å². The molecular weight excluding hydrogens is 632 g/mol. The summed E-state index contributed by atoms with van der Waals surface area (Å²) >= 11 is 0. The Labute approximate surface area is 257 Å². The Morgan fingerprint density at radius 1 is 0.457 bits per heavy atom. The van der Waals surface area contributed by atoms with Crippen LogP contribution in [0.25, 0.3) is 0 Å². The van der Waals surface area contributed by atoms with E-state index in [-0.39, 0.29) is 33.3 Å². The summed E-state index contributed by atoms with van der Waals surface area (Å²) in [5.74, 6) is -8.57. The Morgan fingerprint density at radius 3 is 1.17 bits per heavy atom. The summed E-state index contributed by atoms with van der Waals surface area (Å²) in [6, 6.07) is 14.8. The Kier molecular flexibility index (Phi) is 9.13. The second-order valence-corrected chi connectivity index (χ2v) is 10.5. The first-order valence-electron chi connectivity index (χ1n) is 12.5. The van der Waals surface area contributed by atoms with Gasteiger partial charge in [0.1, 0.15) is 22.1 Å². The van der Waals surface area contributed by atoms with Gasteiger partial charge in [0.25, 0.3) is 0 Å². The summed E-state index contributed by atoms with van der Waals surface area (Å²) in [4.78, 5) is 69.7. The largest absolute Gasteiger partial charge is 0.478 e. The third-order valence-electron chi connectivity index (χ3n) is 6.00. The smallest absolute Gasteiger partial charge is 0.343 e. The van der Waals surface area contributed by atoms with Gasteiger partial charge in [-0.1, -0.05) is 0 Å². The lowest BCUT2D eigenvalue weighted by Crippen LogP contribution is -2.14. The van der Waals surface area contributed by atoms with Crippen LogP contribution in [0.4, 0.5) is 0 Å². The maximum Gasteiger partial charge on any atom is 0.343 e. The molecule has 0 aliphatic rings. The number of esters is 2. The zero-order chi connectivity index (χ0) is 33.8. The third-order valence-corrected chi connectivity index (χ3v) is 7.26. The second kappa shape index (κ2) is 13.0. The van der Waals surface area contributed by atoms with E-state index in [0.29, 0.717) is 0 Å². The minimum atomic E-state index is -4.41. The third kappa shape index (κ3) is 7.32. The molecular formula is C30H18O15S. The van der Waals surface area contributed by atoms with Gasteiger partial charge in [0, 0.05) is 0 Å². The molecule has 15 nitrogen and oxygen atoms in total. The standard InChI is InChI=1S/C30H18O15S/c31-25(32)21-11-1-15(13-23(21)27(35)36)29(39)43-17-3-5-19(6-4-17)45-46(41,42)20-9-7-18(8-10-20)44-30(40)16-2-12-22(26(33)34)24(14-16)28(37)38/h1-14H,(H,31,32)(H,33,34)(H,35,36)(H,37,38). The molecule has 0 saturated carbocycles. The minimum Gasteiger partial charge on any atom is -0.478 e. The molecule has 0 atom stereocenters. The van der Waals surface area contributed by atoms with E-state index in [1.54, 1.807) is 0 Å². The summed E-state index contributed by atoms with van der Waals surface area (Å²) in [7, 11) is -4.41. The molecule has 4 N–H and O–H groups in total. The van der Waals surface area contributed by atoms with Crippen molar-refractivity contribution in [1.29, 1.82) is 0 Å². The molecule has 0 bridgehead atoms. The number of hydrogen-bond acceptors (Lipinski definition) is 11. The van der Waals surface area contributed by atoms with Crippen LogP contribution in [0.3, 0.4) is 0 Å². The van der Waals surface area contributed by atoms with Gasteiger partial charge in [-0.3, -0.25) is 0 Å². The maximum absolute atomic E-state index is 12.7. The average Bonchev–Trinajstić information content (AvgIpc) is 3.01. The Bertz CT molecular complexity index is 2010. The first kappa shape index (κ1) is 32.4. The van der Waals surface area contributed by atoms with Crippen molar-refractivity contribution < 1.29 is 71.3 Å². The molecule has 46 heavy (non-hydrogen) atoms. The number of carbonyl (C=O) groups is 6. The fourth-order valence-electron chi connectivity index (χ4n) is 3.81. The van der Waals surface area contributed by atoms with Crippen LogP contribution in [-0.2, 0) is 10.1 Å². The SMILES string of the molecule is O=C(Oc1ccc(OS(=O)(=O)c2ccc(OC(=O)c3ccc(C(=O)O)c(C(=O)O)c3)cc2)cc1)c1ccc(C(=O)O)c(C(=O)O)c1. The first-order valence-corrected chi connectivity index (χ1v) is 13.9. The lowest BCUT2D eigenvalue weighted by atomic mass is 10.0. The summed E-state index contributed by atoms with van der Waals surface area (Å²) in [6.07, 6.45) is 0. The topological polar surface area (TPSA) is 245 Å². The number of hydrogen-bond donors (Lipinski definition) is 4. The van der Waals surface area contributed by atoms with E-state index in [2.05, 4.69) is 0 Å². The number of ether oxygens (including phenoxy) is 2. The molecule has 0 aromatic heterocycles. The minimum absolute atomic E-state index is 0.0758. The van der Waals surface area contributed by atoms with E-state index in [9.17, 15) is 47.4 Å². The predicted octanol–water partition coefficient (Wildman–Crippen LogP) is 3.69. The van der Waals surface area contributed by atoms with Crippen LogP contribution >= 0.6 is 0 Å². The number of carboxylic acid groups (broad SMARTS) is 4. The van der Waals surface area contributed by atoms with Gasteiger partial charge in [0.2, 0.25) is 0 Å². The lowest BCUT2D eigenvalue weighted by Gasteiger charge is -2.10. The number of carbonyl (C=O) groups excluding carboxylic acids is 2. The van der Waals surface area contributed by atoms with Gasteiger partial charge in [-0.05, 0) is 84.9 Å². The summed E-state index contributed by atoms with van der Waals surface area (Å²) in [5.41, 5.74) is -2.83. The Hall–Kier alpha value is -6.55. The van der Waals surface area contributed by atoms with Crippen LogP contribution < -0.4 is 13.7 Å². The average molecular weight is 651 g/mol. The molecule has 0 saturated heterocycles. The van der Waals surface area contributed by atoms with Gasteiger partial charge in [-0.25, -0.2) is 28.8 Å². The Balaban J connectivity index is 1.41. The molecule has 0 amide bonds. The van der Waals surface area contributed by atoms with E-state index in [1.807, 2.05) is 0 Å². The fourth-order valence-corrected chi connectivity index (χ4v) is 4.74. The van der Waals surface area contributed by atoms with Gasteiger partial charge >= 0.3 is 45.9 Å². The van der Waals surface area contributed by atoms with E-state index < -0.39 is 68.2 Å². The summed E-state index contributed by atoms with van der Waals surface area (Å²) < 4.78 is 40.8. The van der Waals surface area contributed by atoms with Crippen molar-refractivity contribution in [3.63, 3.8) is 0 Å². The van der Waals surface area contributed by atoms with Gasteiger partial charge < -0.3 is 34.1 Å². The van der Waals surface area contributed by atoms with Crippen molar-refractivity contribution >= 4 is 45.9 Å². The highest BCUT2D eigenvalue weighted by atomic mass is 32.2. The van der Waals surface area contributed by atoms with E-state index in [1.165, 1.54) is 12.1 Å². The molecule has 0 heterocycles. The van der Waals surface area contributed by atoms with Crippen molar-refractivity contribution in [2.24, 2.45) is 0 Å². The molecule has 4 aromatic carbocycles. The molecule has 0 fully saturated rings. The van der Waals surface area contributed by atoms with E-state index >= 15 is 0 Å². The second-order valence-electron chi connectivity index (χ2n) is 9.00. The zero-order valence-corrected chi connectivity index (χ0v) is 23.6. The molecule has 0 unspecified atom stereocenters. The molecule has 4 rings (SSSR count). The van der Waals surface area contributed by atoms with E-state index in [0.717, 1.165) is 72.8 Å². The van der Waals surface area contributed by atoms with Crippen LogP contribution in [0, 0.1) is 0 Å². The molecule has 4 aromatic rings. The highest BCUT2D eigenvalue weighted by molar-refractivity contribution is 7.87. The molecule has 16 heteroatoms. The van der Waals surface area contributed by atoms with Crippen LogP contribution in [0.15, 0.2) is 89.8 Å². The monoisotopic (exact) mass is 650 g/mol. The van der Waals surface area contributed by atoms with Gasteiger partial charge in [-0.2, -0.15) is 8.42 Å². The van der Waals surface area contributed by atoms with Gasteiger partial charge in [0.15, 0.2) is 0 Å². The molecule has 0 radical (unpaired) electrons. The quantitative estimate of drug-likeness (QED) is 0.103. The van der Waals surface area contributed by atoms with Crippen molar-refractivity contribution in [3.05, 3.63) is 118 Å². The van der Waals surface area contributed by atoms with Crippen molar-refractivity contribution in [2.45, 2.75) is 4.90 Å². The predicted molar refractivity (Wildman–Crippen MR) is 151 cm³/mol. The van der Waals surface area contributed by atoms with Crippen molar-refractivity contribution in [2.75, 3.05) is 0 Å². The highest BCUT2D eigenvalue weighted by Crippen LogP contribution is 2.25. The van der Waals surface area contributed by atoms with Crippen LogP contribution in [-0.4, -0.2) is 64.7 Å².